The Morgan fingerprint density at radius 1 is 1.23 bits per heavy atom. The van der Waals surface area contributed by atoms with Gasteiger partial charge >= 0.3 is 12.3 Å². The number of alkyl halides is 3. The molecule has 1 saturated heterocycles. The summed E-state index contributed by atoms with van der Waals surface area (Å²) in [7, 11) is 0. The van der Waals surface area contributed by atoms with Crippen molar-refractivity contribution in [3.8, 4) is 5.75 Å². The van der Waals surface area contributed by atoms with Crippen LogP contribution in [0.25, 0.3) is 0 Å². The van der Waals surface area contributed by atoms with Gasteiger partial charge in [-0.2, -0.15) is 0 Å². The number of nitrogens with one attached hydrogen (secondary N) is 1. The molecular formula is C17H20F3NO5. The Kier molecular flexibility index (Phi) is 6.47. The number of benzene rings is 1. The monoisotopic (exact) mass is 375 g/mol. The van der Waals surface area contributed by atoms with E-state index in [-0.39, 0.29) is 30.7 Å². The second kappa shape index (κ2) is 8.39. The average molecular weight is 375 g/mol. The number of halogens is 3. The molecule has 9 heteroatoms. The van der Waals surface area contributed by atoms with Gasteiger partial charge < -0.3 is 19.9 Å². The smallest absolute Gasteiger partial charge is 0.481 e. The summed E-state index contributed by atoms with van der Waals surface area (Å²) in [5, 5.41) is 12.0. The van der Waals surface area contributed by atoms with Crippen molar-refractivity contribution in [1.29, 1.82) is 0 Å². The van der Waals surface area contributed by atoms with Crippen LogP contribution in [0.15, 0.2) is 24.3 Å². The fraction of sp³-hybridized carbons (Fsp3) is 0.529. The van der Waals surface area contributed by atoms with Crippen molar-refractivity contribution in [3.63, 3.8) is 0 Å². The topological polar surface area (TPSA) is 84.9 Å². The third-order valence-electron chi connectivity index (χ3n) is 4.35. The zero-order chi connectivity index (χ0) is 19.2. The van der Waals surface area contributed by atoms with Crippen LogP contribution in [0.5, 0.6) is 5.75 Å². The van der Waals surface area contributed by atoms with E-state index in [1.165, 1.54) is 18.2 Å². The van der Waals surface area contributed by atoms with Crippen molar-refractivity contribution in [2.45, 2.75) is 32.0 Å². The molecule has 0 spiro atoms. The van der Waals surface area contributed by atoms with E-state index in [0.717, 1.165) is 0 Å². The van der Waals surface area contributed by atoms with Gasteiger partial charge in [-0.3, -0.25) is 9.59 Å². The molecule has 0 saturated carbocycles. The van der Waals surface area contributed by atoms with Crippen molar-refractivity contribution in [2.75, 3.05) is 19.8 Å². The highest BCUT2D eigenvalue weighted by Crippen LogP contribution is 2.30. The summed E-state index contributed by atoms with van der Waals surface area (Å²) in [6.07, 6.45) is -4.25. The predicted octanol–water partition coefficient (Wildman–Crippen LogP) is 2.52. The van der Waals surface area contributed by atoms with Gasteiger partial charge in [0.15, 0.2) is 0 Å². The van der Waals surface area contributed by atoms with Crippen LogP contribution in [-0.4, -0.2) is 43.1 Å². The highest BCUT2D eigenvalue weighted by molar-refractivity contribution is 5.79. The van der Waals surface area contributed by atoms with E-state index in [2.05, 4.69) is 10.1 Å². The Labute approximate surface area is 148 Å². The molecule has 2 N–H and O–H groups in total. The number of carbonyl (C=O) groups is 2. The number of hydrogen-bond acceptors (Lipinski definition) is 4. The second-order valence-electron chi connectivity index (χ2n) is 6.13. The zero-order valence-corrected chi connectivity index (χ0v) is 14.0. The number of carboxylic acids is 1. The maximum atomic E-state index is 12.4. The van der Waals surface area contributed by atoms with Crippen molar-refractivity contribution in [1.82, 2.24) is 5.32 Å². The third kappa shape index (κ3) is 5.62. The molecule has 1 fully saturated rings. The molecule has 0 radical (unpaired) electrons. The predicted molar refractivity (Wildman–Crippen MR) is 84.6 cm³/mol. The van der Waals surface area contributed by atoms with Gasteiger partial charge in [-0.1, -0.05) is 18.2 Å². The summed E-state index contributed by atoms with van der Waals surface area (Å²) in [5.74, 6) is -1.77. The minimum absolute atomic E-state index is 0.0365. The van der Waals surface area contributed by atoms with E-state index in [0.29, 0.717) is 26.1 Å². The highest BCUT2D eigenvalue weighted by Gasteiger charge is 2.40. The van der Waals surface area contributed by atoms with E-state index in [4.69, 9.17) is 4.74 Å². The second-order valence-corrected chi connectivity index (χ2v) is 6.13. The number of amides is 1. The Morgan fingerprint density at radius 3 is 2.50 bits per heavy atom. The molecular weight excluding hydrogens is 355 g/mol. The van der Waals surface area contributed by atoms with Gasteiger partial charge in [-0.15, -0.1) is 13.2 Å². The first kappa shape index (κ1) is 20.0. The Balaban J connectivity index is 1.90. The molecule has 144 valence electrons. The Morgan fingerprint density at radius 2 is 1.88 bits per heavy atom. The van der Waals surface area contributed by atoms with Crippen LogP contribution in [0.2, 0.25) is 0 Å². The summed E-state index contributed by atoms with van der Waals surface area (Å²) >= 11 is 0. The standard InChI is InChI=1S/C17H20F3NO5/c18-17(19,20)26-13-4-2-1-3-12(13)5-6-14(22)21-11-16(15(23)24)7-9-25-10-8-16/h1-4H,5-11H2,(H,21,22)(H,23,24). The lowest BCUT2D eigenvalue weighted by Gasteiger charge is -2.33. The summed E-state index contributed by atoms with van der Waals surface area (Å²) in [5.41, 5.74) is -0.815. The fourth-order valence-corrected chi connectivity index (χ4v) is 2.77. The molecule has 1 aliphatic rings. The van der Waals surface area contributed by atoms with Gasteiger partial charge in [-0.25, -0.2) is 0 Å². The molecule has 26 heavy (non-hydrogen) atoms. The minimum atomic E-state index is -4.81. The van der Waals surface area contributed by atoms with Crippen LogP contribution < -0.4 is 10.1 Å². The van der Waals surface area contributed by atoms with Gasteiger partial charge in [0, 0.05) is 26.2 Å². The third-order valence-corrected chi connectivity index (χ3v) is 4.35. The average Bonchev–Trinajstić information content (AvgIpc) is 2.58. The Hall–Kier alpha value is -2.29. The number of aryl methyl sites for hydroxylation is 1. The van der Waals surface area contributed by atoms with Gasteiger partial charge in [0.2, 0.25) is 5.91 Å². The summed E-state index contributed by atoms with van der Waals surface area (Å²) in [6, 6.07) is 5.60. The molecule has 1 amide bonds. The van der Waals surface area contributed by atoms with E-state index in [1.54, 1.807) is 6.07 Å². The number of carbonyl (C=O) groups excluding carboxylic acids is 1. The van der Waals surface area contributed by atoms with Gasteiger partial charge in [0.05, 0.1) is 5.41 Å². The fourth-order valence-electron chi connectivity index (χ4n) is 2.77. The van der Waals surface area contributed by atoms with Crippen LogP contribution >= 0.6 is 0 Å². The first-order valence-corrected chi connectivity index (χ1v) is 8.13. The number of hydrogen-bond donors (Lipinski definition) is 2. The quantitative estimate of drug-likeness (QED) is 0.765. The summed E-state index contributed by atoms with van der Waals surface area (Å²) < 4.78 is 46.3. The lowest BCUT2D eigenvalue weighted by atomic mass is 9.80. The number of rotatable bonds is 7. The molecule has 0 unspecified atom stereocenters. The molecule has 1 aromatic carbocycles. The molecule has 0 aliphatic carbocycles. The molecule has 1 aliphatic heterocycles. The minimum Gasteiger partial charge on any atom is -0.481 e. The Bertz CT molecular complexity index is 642. The molecule has 2 rings (SSSR count). The van der Waals surface area contributed by atoms with Crippen molar-refractivity contribution < 1.29 is 37.3 Å². The van der Waals surface area contributed by atoms with Crippen LogP contribution in [0, 0.1) is 5.41 Å². The summed E-state index contributed by atoms with van der Waals surface area (Å²) in [6.45, 7) is 0.583. The number of para-hydroxylation sites is 1. The van der Waals surface area contributed by atoms with E-state index in [9.17, 15) is 27.9 Å². The number of carboxylic acid groups (broad SMARTS) is 1. The van der Waals surface area contributed by atoms with Crippen molar-refractivity contribution >= 4 is 11.9 Å². The van der Waals surface area contributed by atoms with Gasteiger partial charge in [-0.05, 0) is 30.9 Å². The first-order valence-electron chi connectivity index (χ1n) is 8.13. The largest absolute Gasteiger partial charge is 0.573 e. The first-order chi connectivity index (χ1) is 12.2. The summed E-state index contributed by atoms with van der Waals surface area (Å²) in [4.78, 5) is 23.5. The molecule has 0 bridgehead atoms. The van der Waals surface area contributed by atoms with E-state index < -0.39 is 23.7 Å². The van der Waals surface area contributed by atoms with E-state index >= 15 is 0 Å². The number of aliphatic carboxylic acids is 1. The zero-order valence-electron chi connectivity index (χ0n) is 14.0. The van der Waals surface area contributed by atoms with Gasteiger partial charge in [0.1, 0.15) is 5.75 Å². The lowest BCUT2D eigenvalue weighted by Crippen LogP contribution is -2.46. The maximum Gasteiger partial charge on any atom is 0.573 e. The molecule has 1 aromatic rings. The maximum absolute atomic E-state index is 12.4. The normalized spacial score (nSPS) is 16.7. The SMILES string of the molecule is O=C(CCc1ccccc1OC(F)(F)F)NCC1(C(=O)O)CCOCC1. The number of ether oxygens (including phenoxy) is 2. The van der Waals surface area contributed by atoms with Crippen LogP contribution in [0.1, 0.15) is 24.8 Å². The van der Waals surface area contributed by atoms with Gasteiger partial charge in [0.25, 0.3) is 0 Å². The van der Waals surface area contributed by atoms with Crippen LogP contribution in [0.4, 0.5) is 13.2 Å². The van der Waals surface area contributed by atoms with E-state index in [1.807, 2.05) is 0 Å². The highest BCUT2D eigenvalue weighted by atomic mass is 19.4. The molecule has 0 aromatic heterocycles. The molecule has 0 atom stereocenters. The van der Waals surface area contributed by atoms with Crippen molar-refractivity contribution in [3.05, 3.63) is 29.8 Å². The van der Waals surface area contributed by atoms with Crippen LogP contribution in [-0.2, 0) is 20.7 Å². The van der Waals surface area contributed by atoms with Crippen LogP contribution in [0.3, 0.4) is 0 Å². The molecule has 1 heterocycles. The lowest BCUT2D eigenvalue weighted by molar-refractivity contribution is -0.274. The molecule has 6 nitrogen and oxygen atoms in total. The van der Waals surface area contributed by atoms with Crippen molar-refractivity contribution in [2.24, 2.45) is 5.41 Å².